The topological polar surface area (TPSA) is 40.5 Å². The number of carboxylic acid groups (broad SMARTS) is 1. The first-order valence-corrected chi connectivity index (χ1v) is 6.97. The Morgan fingerprint density at radius 2 is 2.00 bits per heavy atom. The predicted octanol–water partition coefficient (Wildman–Crippen LogP) is 4.06. The third kappa shape index (κ3) is 4.12. The lowest BCUT2D eigenvalue weighted by atomic mass is 10.0. The maximum absolute atomic E-state index is 11.5. The average molecular weight is 259 g/mol. The summed E-state index contributed by atoms with van der Waals surface area (Å²) < 4.78 is 0. The van der Waals surface area contributed by atoms with Crippen molar-refractivity contribution < 1.29 is 9.90 Å². The van der Waals surface area contributed by atoms with E-state index in [-0.39, 0.29) is 6.04 Å². The standard InChI is InChI=1S/C16H21NO2/c18-16(19)17(13-14-9-5-4-6-10-14)15-11-7-2-1-3-8-12-15/h4-7,9-11,15H,1-3,8,12-13H2,(H,18,19)/b11-7+. The number of hydrogen-bond acceptors (Lipinski definition) is 1. The largest absolute Gasteiger partial charge is 0.465 e. The van der Waals surface area contributed by atoms with Crippen molar-refractivity contribution in [1.29, 1.82) is 0 Å². The molecule has 1 atom stereocenters. The Balaban J connectivity index is 2.10. The minimum absolute atomic E-state index is 0.0120. The summed E-state index contributed by atoms with van der Waals surface area (Å²) in [5.41, 5.74) is 1.04. The zero-order valence-electron chi connectivity index (χ0n) is 11.2. The quantitative estimate of drug-likeness (QED) is 0.832. The van der Waals surface area contributed by atoms with Gasteiger partial charge in [0, 0.05) is 6.54 Å². The molecule has 1 aliphatic carbocycles. The van der Waals surface area contributed by atoms with Crippen molar-refractivity contribution >= 4 is 6.09 Å². The fourth-order valence-electron chi connectivity index (χ4n) is 2.51. The molecule has 3 nitrogen and oxygen atoms in total. The van der Waals surface area contributed by atoms with E-state index in [9.17, 15) is 9.90 Å². The molecule has 102 valence electrons. The highest BCUT2D eigenvalue weighted by atomic mass is 16.4. The number of amides is 1. The van der Waals surface area contributed by atoms with E-state index in [0.717, 1.165) is 24.8 Å². The molecule has 19 heavy (non-hydrogen) atoms. The molecule has 0 saturated heterocycles. The van der Waals surface area contributed by atoms with E-state index in [1.165, 1.54) is 12.8 Å². The molecule has 1 aliphatic rings. The smallest absolute Gasteiger partial charge is 0.408 e. The molecular formula is C16H21NO2. The molecule has 1 amide bonds. The molecular weight excluding hydrogens is 238 g/mol. The zero-order chi connectivity index (χ0) is 13.5. The van der Waals surface area contributed by atoms with Gasteiger partial charge in [-0.3, -0.25) is 4.90 Å². The summed E-state index contributed by atoms with van der Waals surface area (Å²) in [6.45, 7) is 0.463. The number of hydrogen-bond donors (Lipinski definition) is 1. The summed E-state index contributed by atoms with van der Waals surface area (Å²) in [4.78, 5) is 13.0. The Bertz CT molecular complexity index is 428. The third-order valence-electron chi connectivity index (χ3n) is 3.57. The molecule has 0 spiro atoms. The Kier molecular flexibility index (Phi) is 5.01. The zero-order valence-corrected chi connectivity index (χ0v) is 11.2. The van der Waals surface area contributed by atoms with Crippen LogP contribution in [0.25, 0.3) is 0 Å². The summed E-state index contributed by atoms with van der Waals surface area (Å²) in [5.74, 6) is 0. The monoisotopic (exact) mass is 259 g/mol. The molecule has 0 heterocycles. The first kappa shape index (κ1) is 13.7. The molecule has 0 aromatic heterocycles. The molecule has 3 heteroatoms. The van der Waals surface area contributed by atoms with Gasteiger partial charge in [-0.2, -0.15) is 0 Å². The Labute approximate surface area is 114 Å². The second-order valence-corrected chi connectivity index (χ2v) is 5.03. The minimum Gasteiger partial charge on any atom is -0.465 e. The predicted molar refractivity (Wildman–Crippen MR) is 76.0 cm³/mol. The van der Waals surface area contributed by atoms with Gasteiger partial charge < -0.3 is 5.11 Å². The summed E-state index contributed by atoms with van der Waals surface area (Å²) in [6, 6.07) is 9.81. The number of nitrogens with zero attached hydrogens (tertiary/aromatic N) is 1. The first-order valence-electron chi connectivity index (χ1n) is 6.97. The van der Waals surface area contributed by atoms with E-state index in [4.69, 9.17) is 0 Å². The first-order chi connectivity index (χ1) is 9.27. The van der Waals surface area contributed by atoms with E-state index in [1.807, 2.05) is 30.3 Å². The molecule has 1 aromatic rings. The third-order valence-corrected chi connectivity index (χ3v) is 3.57. The number of rotatable bonds is 3. The maximum Gasteiger partial charge on any atom is 0.408 e. The van der Waals surface area contributed by atoms with E-state index in [1.54, 1.807) is 4.90 Å². The SMILES string of the molecule is O=C(O)N(Cc1ccccc1)C1/C=C/CCCCC1. The second kappa shape index (κ2) is 6.98. The minimum atomic E-state index is -0.834. The van der Waals surface area contributed by atoms with Crippen LogP contribution in [0.2, 0.25) is 0 Å². The average Bonchev–Trinajstić information content (AvgIpc) is 2.37. The maximum atomic E-state index is 11.5. The lowest BCUT2D eigenvalue weighted by Crippen LogP contribution is -2.38. The fraction of sp³-hybridized carbons (Fsp3) is 0.438. The van der Waals surface area contributed by atoms with Gasteiger partial charge >= 0.3 is 6.09 Å². The molecule has 0 fully saturated rings. The van der Waals surface area contributed by atoms with Crippen molar-refractivity contribution in [3.05, 3.63) is 48.0 Å². The van der Waals surface area contributed by atoms with E-state index >= 15 is 0 Å². The highest BCUT2D eigenvalue weighted by molar-refractivity contribution is 5.65. The normalized spacial score (nSPS) is 21.2. The van der Waals surface area contributed by atoms with E-state index in [2.05, 4.69) is 12.2 Å². The summed E-state index contributed by atoms with van der Waals surface area (Å²) in [7, 11) is 0. The lowest BCUT2D eigenvalue weighted by molar-refractivity contribution is 0.127. The van der Waals surface area contributed by atoms with Crippen LogP contribution in [0.15, 0.2) is 42.5 Å². The molecule has 0 saturated carbocycles. The number of allylic oxidation sites excluding steroid dienone is 1. The highest BCUT2D eigenvalue weighted by Crippen LogP contribution is 2.19. The van der Waals surface area contributed by atoms with Gasteiger partial charge in [-0.25, -0.2) is 4.79 Å². The number of carbonyl (C=O) groups is 1. The fourth-order valence-corrected chi connectivity index (χ4v) is 2.51. The van der Waals surface area contributed by atoms with Gasteiger partial charge in [0.15, 0.2) is 0 Å². The molecule has 0 bridgehead atoms. The molecule has 1 aromatic carbocycles. The van der Waals surface area contributed by atoms with Gasteiger partial charge in [-0.1, -0.05) is 55.3 Å². The van der Waals surface area contributed by atoms with Crippen LogP contribution in [0, 0.1) is 0 Å². The van der Waals surface area contributed by atoms with Gasteiger partial charge in [0.1, 0.15) is 0 Å². The van der Waals surface area contributed by atoms with Crippen LogP contribution in [0.3, 0.4) is 0 Å². The molecule has 2 rings (SSSR count). The van der Waals surface area contributed by atoms with Gasteiger partial charge in [0.2, 0.25) is 0 Å². The van der Waals surface area contributed by atoms with Crippen LogP contribution in [0.4, 0.5) is 4.79 Å². The molecule has 0 radical (unpaired) electrons. The molecule has 1 N–H and O–H groups in total. The van der Waals surface area contributed by atoms with Gasteiger partial charge in [-0.15, -0.1) is 0 Å². The van der Waals surface area contributed by atoms with Crippen molar-refractivity contribution in [1.82, 2.24) is 4.90 Å². The van der Waals surface area contributed by atoms with E-state index in [0.29, 0.717) is 6.54 Å². The lowest BCUT2D eigenvalue weighted by Gasteiger charge is -2.28. The Hall–Kier alpha value is -1.77. The van der Waals surface area contributed by atoms with Crippen LogP contribution in [-0.4, -0.2) is 22.1 Å². The van der Waals surface area contributed by atoms with Crippen LogP contribution in [0.1, 0.15) is 37.7 Å². The van der Waals surface area contributed by atoms with Crippen molar-refractivity contribution in [2.75, 3.05) is 0 Å². The van der Waals surface area contributed by atoms with Gasteiger partial charge in [0.05, 0.1) is 6.04 Å². The van der Waals surface area contributed by atoms with Crippen molar-refractivity contribution in [3.8, 4) is 0 Å². The second-order valence-electron chi connectivity index (χ2n) is 5.03. The van der Waals surface area contributed by atoms with Crippen LogP contribution < -0.4 is 0 Å². The summed E-state index contributed by atoms with van der Waals surface area (Å²) >= 11 is 0. The van der Waals surface area contributed by atoms with Crippen LogP contribution in [-0.2, 0) is 6.54 Å². The molecule has 1 unspecified atom stereocenters. The summed E-state index contributed by atoms with van der Waals surface area (Å²) in [6.07, 6.45) is 8.87. The molecule has 0 aliphatic heterocycles. The van der Waals surface area contributed by atoms with Gasteiger partial charge in [-0.05, 0) is 24.8 Å². The van der Waals surface area contributed by atoms with Crippen molar-refractivity contribution in [2.45, 2.75) is 44.7 Å². The van der Waals surface area contributed by atoms with Crippen molar-refractivity contribution in [3.63, 3.8) is 0 Å². The summed E-state index contributed by atoms with van der Waals surface area (Å²) in [5, 5.41) is 9.44. The van der Waals surface area contributed by atoms with Crippen molar-refractivity contribution in [2.24, 2.45) is 0 Å². The van der Waals surface area contributed by atoms with E-state index < -0.39 is 6.09 Å². The van der Waals surface area contributed by atoms with Crippen LogP contribution in [0.5, 0.6) is 0 Å². The number of benzene rings is 1. The highest BCUT2D eigenvalue weighted by Gasteiger charge is 2.21. The Morgan fingerprint density at radius 3 is 2.74 bits per heavy atom. The van der Waals surface area contributed by atoms with Crippen LogP contribution >= 0.6 is 0 Å². The van der Waals surface area contributed by atoms with Gasteiger partial charge in [0.25, 0.3) is 0 Å². The Morgan fingerprint density at radius 1 is 1.21 bits per heavy atom.